The SMILES string of the molecule is CSc1cc(C(=O)NCC(C)(O)c2cc(C)oc2C)ccn1. The zero-order valence-electron chi connectivity index (χ0n) is 13.1. The Morgan fingerprint density at radius 2 is 2.18 bits per heavy atom. The number of rotatable bonds is 5. The van der Waals surface area contributed by atoms with E-state index in [4.69, 9.17) is 4.42 Å². The molecular weight excluding hydrogens is 300 g/mol. The maximum atomic E-state index is 12.2. The first-order valence-corrected chi connectivity index (χ1v) is 8.14. The van der Waals surface area contributed by atoms with Crippen molar-refractivity contribution in [2.24, 2.45) is 0 Å². The summed E-state index contributed by atoms with van der Waals surface area (Å²) < 4.78 is 5.44. The molecule has 118 valence electrons. The Labute approximate surface area is 134 Å². The minimum Gasteiger partial charge on any atom is -0.466 e. The van der Waals surface area contributed by atoms with Crippen molar-refractivity contribution in [1.29, 1.82) is 0 Å². The van der Waals surface area contributed by atoms with Crippen LogP contribution in [0.25, 0.3) is 0 Å². The number of thioether (sulfide) groups is 1. The van der Waals surface area contributed by atoms with E-state index in [1.807, 2.05) is 13.2 Å². The molecule has 0 bridgehead atoms. The summed E-state index contributed by atoms with van der Waals surface area (Å²) in [6.45, 7) is 5.38. The van der Waals surface area contributed by atoms with Crippen LogP contribution in [0.5, 0.6) is 0 Å². The molecule has 5 nitrogen and oxygen atoms in total. The molecule has 1 unspecified atom stereocenters. The van der Waals surface area contributed by atoms with Crippen LogP contribution in [0.1, 0.15) is 34.4 Å². The number of hydrogen-bond donors (Lipinski definition) is 2. The first-order valence-electron chi connectivity index (χ1n) is 6.91. The Bertz CT molecular complexity index is 680. The predicted octanol–water partition coefficient (Wildman–Crippen LogP) is 2.65. The highest BCUT2D eigenvalue weighted by Gasteiger charge is 2.28. The molecular formula is C16H20N2O3S. The molecule has 1 amide bonds. The van der Waals surface area contributed by atoms with Gasteiger partial charge in [0.25, 0.3) is 5.91 Å². The van der Waals surface area contributed by atoms with Gasteiger partial charge in [-0.05, 0) is 45.2 Å². The molecule has 0 aliphatic heterocycles. The lowest BCUT2D eigenvalue weighted by Gasteiger charge is -2.23. The third kappa shape index (κ3) is 3.69. The van der Waals surface area contributed by atoms with Crippen LogP contribution in [-0.4, -0.2) is 28.8 Å². The van der Waals surface area contributed by atoms with Gasteiger partial charge in [0.15, 0.2) is 0 Å². The van der Waals surface area contributed by atoms with Gasteiger partial charge in [-0.1, -0.05) is 0 Å². The summed E-state index contributed by atoms with van der Waals surface area (Å²) in [6.07, 6.45) is 3.50. The van der Waals surface area contributed by atoms with Gasteiger partial charge in [-0.25, -0.2) is 4.98 Å². The summed E-state index contributed by atoms with van der Waals surface area (Å²) in [4.78, 5) is 16.3. The molecule has 1 atom stereocenters. The van der Waals surface area contributed by atoms with E-state index in [1.54, 1.807) is 38.2 Å². The van der Waals surface area contributed by atoms with Crippen LogP contribution in [0.2, 0.25) is 0 Å². The van der Waals surface area contributed by atoms with Crippen molar-refractivity contribution in [3.8, 4) is 0 Å². The first kappa shape index (κ1) is 16.6. The number of pyridine rings is 1. The molecule has 0 saturated heterocycles. The van der Waals surface area contributed by atoms with Gasteiger partial charge in [-0.15, -0.1) is 11.8 Å². The Kier molecular flexibility index (Phi) is 4.93. The zero-order valence-corrected chi connectivity index (χ0v) is 14.0. The Hall–Kier alpha value is -1.79. The Morgan fingerprint density at radius 3 is 2.77 bits per heavy atom. The van der Waals surface area contributed by atoms with Gasteiger partial charge >= 0.3 is 0 Å². The van der Waals surface area contributed by atoms with Crippen molar-refractivity contribution in [1.82, 2.24) is 10.3 Å². The van der Waals surface area contributed by atoms with Crippen LogP contribution in [0.4, 0.5) is 0 Å². The highest BCUT2D eigenvalue weighted by Crippen LogP contribution is 2.26. The molecule has 0 aliphatic rings. The maximum absolute atomic E-state index is 12.2. The summed E-state index contributed by atoms with van der Waals surface area (Å²) in [5, 5.41) is 14.1. The van der Waals surface area contributed by atoms with E-state index in [1.165, 1.54) is 11.8 Å². The second-order valence-corrected chi connectivity index (χ2v) is 6.20. The largest absolute Gasteiger partial charge is 0.466 e. The summed E-state index contributed by atoms with van der Waals surface area (Å²) in [6, 6.07) is 5.17. The van der Waals surface area contributed by atoms with Gasteiger partial charge in [-0.3, -0.25) is 4.79 Å². The van der Waals surface area contributed by atoms with Crippen molar-refractivity contribution in [3.63, 3.8) is 0 Å². The molecule has 2 heterocycles. The van der Waals surface area contributed by atoms with Crippen molar-refractivity contribution in [3.05, 3.63) is 47.0 Å². The summed E-state index contributed by atoms with van der Waals surface area (Å²) in [5.41, 5.74) is 0.0208. The van der Waals surface area contributed by atoms with Crippen molar-refractivity contribution >= 4 is 17.7 Å². The second kappa shape index (κ2) is 6.54. The molecule has 0 aromatic carbocycles. The summed E-state index contributed by atoms with van der Waals surface area (Å²) >= 11 is 1.47. The number of carbonyl (C=O) groups is 1. The normalized spacial score (nSPS) is 13.7. The van der Waals surface area contributed by atoms with E-state index in [-0.39, 0.29) is 12.5 Å². The number of carbonyl (C=O) groups excluding carboxylic acids is 1. The molecule has 0 radical (unpaired) electrons. The lowest BCUT2D eigenvalue weighted by Crippen LogP contribution is -2.38. The van der Waals surface area contributed by atoms with Crippen LogP contribution in [0, 0.1) is 13.8 Å². The van der Waals surface area contributed by atoms with Crippen LogP contribution < -0.4 is 5.32 Å². The molecule has 0 spiro atoms. The molecule has 2 aromatic heterocycles. The van der Waals surface area contributed by atoms with Gasteiger partial charge in [0.2, 0.25) is 0 Å². The van der Waals surface area contributed by atoms with E-state index < -0.39 is 5.60 Å². The van der Waals surface area contributed by atoms with E-state index in [0.29, 0.717) is 16.9 Å². The van der Waals surface area contributed by atoms with E-state index in [2.05, 4.69) is 10.3 Å². The summed E-state index contributed by atoms with van der Waals surface area (Å²) in [7, 11) is 0. The first-order chi connectivity index (χ1) is 10.3. The number of furan rings is 1. The number of amides is 1. The van der Waals surface area contributed by atoms with Crippen LogP contribution in [0.15, 0.2) is 33.8 Å². The van der Waals surface area contributed by atoms with Gasteiger partial charge in [-0.2, -0.15) is 0 Å². The third-order valence-corrected chi connectivity index (χ3v) is 4.06. The molecule has 0 aliphatic carbocycles. The molecule has 2 N–H and O–H groups in total. The fourth-order valence-electron chi connectivity index (χ4n) is 2.28. The number of nitrogens with zero attached hydrogens (tertiary/aromatic N) is 1. The lowest BCUT2D eigenvalue weighted by molar-refractivity contribution is 0.0514. The quantitative estimate of drug-likeness (QED) is 0.828. The molecule has 6 heteroatoms. The Balaban J connectivity index is 2.08. The van der Waals surface area contributed by atoms with E-state index in [9.17, 15) is 9.90 Å². The molecule has 0 saturated carbocycles. The maximum Gasteiger partial charge on any atom is 0.251 e. The molecule has 2 rings (SSSR count). The van der Waals surface area contributed by atoms with Crippen LogP contribution in [-0.2, 0) is 5.60 Å². The second-order valence-electron chi connectivity index (χ2n) is 5.37. The number of hydrogen-bond acceptors (Lipinski definition) is 5. The van der Waals surface area contributed by atoms with Gasteiger partial charge in [0, 0.05) is 17.3 Å². The third-order valence-electron chi connectivity index (χ3n) is 3.42. The number of aliphatic hydroxyl groups is 1. The Morgan fingerprint density at radius 1 is 1.45 bits per heavy atom. The number of aryl methyl sites for hydroxylation is 2. The zero-order chi connectivity index (χ0) is 16.3. The minimum atomic E-state index is -1.19. The van der Waals surface area contributed by atoms with Crippen molar-refractivity contribution in [2.45, 2.75) is 31.4 Å². The van der Waals surface area contributed by atoms with Crippen molar-refractivity contribution in [2.75, 3.05) is 12.8 Å². The standard InChI is InChI=1S/C16H20N2O3S/c1-10-7-13(11(2)21-10)16(3,20)9-18-15(19)12-5-6-17-14(8-12)22-4/h5-8,20H,9H2,1-4H3,(H,18,19). The average molecular weight is 320 g/mol. The molecule has 2 aromatic rings. The smallest absolute Gasteiger partial charge is 0.251 e. The highest BCUT2D eigenvalue weighted by atomic mass is 32.2. The monoisotopic (exact) mass is 320 g/mol. The lowest BCUT2D eigenvalue weighted by atomic mass is 9.96. The van der Waals surface area contributed by atoms with Crippen LogP contribution in [0.3, 0.4) is 0 Å². The topological polar surface area (TPSA) is 75.4 Å². The van der Waals surface area contributed by atoms with Gasteiger partial charge in [0.05, 0.1) is 11.6 Å². The van der Waals surface area contributed by atoms with Crippen molar-refractivity contribution < 1.29 is 14.3 Å². The predicted molar refractivity (Wildman–Crippen MR) is 86.1 cm³/mol. The van der Waals surface area contributed by atoms with Gasteiger partial charge < -0.3 is 14.8 Å². The highest BCUT2D eigenvalue weighted by molar-refractivity contribution is 7.98. The summed E-state index contributed by atoms with van der Waals surface area (Å²) in [5.74, 6) is 1.15. The van der Waals surface area contributed by atoms with E-state index in [0.717, 1.165) is 10.8 Å². The fraction of sp³-hybridized carbons (Fsp3) is 0.375. The molecule has 22 heavy (non-hydrogen) atoms. The van der Waals surface area contributed by atoms with Gasteiger partial charge in [0.1, 0.15) is 17.1 Å². The van der Waals surface area contributed by atoms with Crippen LogP contribution >= 0.6 is 11.8 Å². The minimum absolute atomic E-state index is 0.0998. The number of aromatic nitrogens is 1. The number of nitrogens with one attached hydrogen (secondary N) is 1. The van der Waals surface area contributed by atoms with E-state index >= 15 is 0 Å². The fourth-order valence-corrected chi connectivity index (χ4v) is 2.69. The average Bonchev–Trinajstić information content (AvgIpc) is 2.84. The molecule has 0 fully saturated rings.